The molecule has 1 spiro atoms. The van der Waals surface area contributed by atoms with Crippen LogP contribution in [0.15, 0.2) is 30.3 Å². The number of carbonyl (C=O) groups is 1. The van der Waals surface area contributed by atoms with Gasteiger partial charge in [0, 0.05) is 31.3 Å². The van der Waals surface area contributed by atoms with Gasteiger partial charge in [0.25, 0.3) is 0 Å². The zero-order valence-electron chi connectivity index (χ0n) is 15.0. The van der Waals surface area contributed by atoms with Crippen LogP contribution in [0.2, 0.25) is 0 Å². The highest BCUT2D eigenvalue weighted by Gasteiger charge is 2.46. The minimum absolute atomic E-state index is 0.266. The number of hydrogen-bond acceptors (Lipinski definition) is 3. The van der Waals surface area contributed by atoms with Gasteiger partial charge in [0.15, 0.2) is 0 Å². The lowest BCUT2D eigenvalue weighted by Gasteiger charge is -2.45. The van der Waals surface area contributed by atoms with Crippen LogP contribution in [0.25, 0.3) is 0 Å². The predicted octanol–water partition coefficient (Wildman–Crippen LogP) is 2.72. The maximum Gasteiger partial charge on any atom is 0.226 e. The quantitative estimate of drug-likeness (QED) is 0.832. The van der Waals surface area contributed by atoms with Crippen LogP contribution in [0.3, 0.4) is 0 Å². The Bertz CT molecular complexity index is 538. The monoisotopic (exact) mass is 330 g/mol. The Morgan fingerprint density at radius 3 is 2.58 bits per heavy atom. The molecule has 0 radical (unpaired) electrons. The number of benzene rings is 1. The summed E-state index contributed by atoms with van der Waals surface area (Å²) in [5.41, 5.74) is 1.39. The zero-order chi connectivity index (χ0) is 17.0. The number of likely N-dealkylation sites (tertiary alicyclic amines) is 2. The van der Waals surface area contributed by atoms with Crippen molar-refractivity contribution in [3.05, 3.63) is 35.9 Å². The van der Waals surface area contributed by atoms with Gasteiger partial charge in [0.1, 0.15) is 0 Å². The molecule has 4 nitrogen and oxygen atoms in total. The van der Waals surface area contributed by atoms with Crippen LogP contribution in [0.5, 0.6) is 0 Å². The molecular weight excluding hydrogens is 300 g/mol. The Morgan fingerprint density at radius 1 is 1.21 bits per heavy atom. The molecule has 2 fully saturated rings. The summed E-state index contributed by atoms with van der Waals surface area (Å²) in [4.78, 5) is 17.2. The van der Waals surface area contributed by atoms with Gasteiger partial charge in [0.05, 0.1) is 13.0 Å². The molecule has 2 aliphatic rings. The van der Waals surface area contributed by atoms with Crippen LogP contribution in [-0.2, 0) is 16.0 Å². The topological polar surface area (TPSA) is 32.8 Å². The average Bonchev–Trinajstić information content (AvgIpc) is 2.91. The molecule has 1 atom stereocenters. The van der Waals surface area contributed by atoms with Gasteiger partial charge in [-0.3, -0.25) is 9.69 Å². The molecule has 1 aromatic carbocycles. The Hall–Kier alpha value is -1.39. The summed E-state index contributed by atoms with van der Waals surface area (Å²) in [5.74, 6) is 0.266. The van der Waals surface area contributed by atoms with E-state index in [-0.39, 0.29) is 11.4 Å². The minimum Gasteiger partial charge on any atom is -0.380 e. The van der Waals surface area contributed by atoms with Crippen LogP contribution in [0.1, 0.15) is 38.2 Å². The van der Waals surface area contributed by atoms with Gasteiger partial charge in [-0.25, -0.2) is 0 Å². The number of likely N-dealkylation sites (N-methyl/N-ethyl adjacent to an activating group) is 1. The molecule has 0 aromatic heterocycles. The molecule has 2 saturated heterocycles. The second-order valence-corrected chi connectivity index (χ2v) is 7.23. The fraction of sp³-hybridized carbons (Fsp3) is 0.650. The lowest BCUT2D eigenvalue weighted by atomic mass is 9.85. The summed E-state index contributed by atoms with van der Waals surface area (Å²) >= 11 is 0. The molecule has 132 valence electrons. The Morgan fingerprint density at radius 2 is 1.92 bits per heavy atom. The van der Waals surface area contributed by atoms with Crippen molar-refractivity contribution >= 4 is 5.91 Å². The second kappa shape index (κ2) is 7.66. The summed E-state index contributed by atoms with van der Waals surface area (Å²) in [6.07, 6.45) is 5.16. The third-order valence-electron chi connectivity index (χ3n) is 6.00. The minimum atomic E-state index is 0.266. The number of hydrogen-bond donors (Lipinski definition) is 0. The van der Waals surface area contributed by atoms with Crippen molar-refractivity contribution in [1.29, 1.82) is 0 Å². The maximum atomic E-state index is 12.6. The SMILES string of the molecule is CCOCC1CCC2(CCN(C(=O)Cc3ccccc3)CC2)N1C. The van der Waals surface area contributed by atoms with Crippen molar-refractivity contribution in [2.75, 3.05) is 33.4 Å². The molecular formula is C20H30N2O2. The van der Waals surface area contributed by atoms with Gasteiger partial charge in [-0.15, -0.1) is 0 Å². The molecule has 0 saturated carbocycles. The van der Waals surface area contributed by atoms with Crippen LogP contribution in [-0.4, -0.2) is 60.6 Å². The van der Waals surface area contributed by atoms with E-state index in [1.165, 1.54) is 12.8 Å². The highest BCUT2D eigenvalue weighted by Crippen LogP contribution is 2.40. The first kappa shape index (κ1) is 17.4. The molecule has 1 amide bonds. The van der Waals surface area contributed by atoms with Crippen LogP contribution in [0.4, 0.5) is 0 Å². The van der Waals surface area contributed by atoms with Crippen LogP contribution in [0, 0.1) is 0 Å². The lowest BCUT2D eigenvalue weighted by molar-refractivity contribution is -0.133. The Kier molecular flexibility index (Phi) is 5.57. The van der Waals surface area contributed by atoms with E-state index in [4.69, 9.17) is 4.74 Å². The first-order valence-corrected chi connectivity index (χ1v) is 9.27. The first-order valence-electron chi connectivity index (χ1n) is 9.27. The Balaban J connectivity index is 1.53. The molecule has 0 bridgehead atoms. The zero-order valence-corrected chi connectivity index (χ0v) is 15.0. The molecule has 2 aliphatic heterocycles. The number of ether oxygens (including phenoxy) is 1. The van der Waals surface area contributed by atoms with Crippen molar-refractivity contribution in [3.63, 3.8) is 0 Å². The molecule has 0 N–H and O–H groups in total. The largest absolute Gasteiger partial charge is 0.380 e. The van der Waals surface area contributed by atoms with Crippen molar-refractivity contribution in [3.8, 4) is 0 Å². The fourth-order valence-electron chi connectivity index (χ4n) is 4.30. The first-order chi connectivity index (χ1) is 11.6. The van der Waals surface area contributed by atoms with E-state index in [1.807, 2.05) is 30.3 Å². The van der Waals surface area contributed by atoms with Gasteiger partial charge in [-0.05, 0) is 45.2 Å². The summed E-state index contributed by atoms with van der Waals surface area (Å²) in [5, 5.41) is 0. The third kappa shape index (κ3) is 3.65. The number of amides is 1. The third-order valence-corrected chi connectivity index (χ3v) is 6.00. The van der Waals surface area contributed by atoms with Crippen LogP contribution >= 0.6 is 0 Å². The van der Waals surface area contributed by atoms with E-state index < -0.39 is 0 Å². The number of rotatable bonds is 5. The summed E-state index contributed by atoms with van der Waals surface area (Å²) in [6, 6.07) is 10.6. The number of carbonyl (C=O) groups excluding carboxylic acids is 1. The van der Waals surface area contributed by atoms with Gasteiger partial charge in [0.2, 0.25) is 5.91 Å². The molecule has 2 heterocycles. The molecule has 0 aliphatic carbocycles. The number of piperidine rings is 1. The normalized spacial score (nSPS) is 23.8. The van der Waals surface area contributed by atoms with E-state index in [2.05, 4.69) is 23.8 Å². The van der Waals surface area contributed by atoms with Crippen molar-refractivity contribution in [1.82, 2.24) is 9.80 Å². The predicted molar refractivity (Wildman–Crippen MR) is 96.0 cm³/mol. The lowest BCUT2D eigenvalue weighted by Crippen LogP contribution is -2.54. The van der Waals surface area contributed by atoms with Crippen LogP contribution < -0.4 is 0 Å². The van der Waals surface area contributed by atoms with E-state index >= 15 is 0 Å². The molecule has 24 heavy (non-hydrogen) atoms. The van der Waals surface area contributed by atoms with Gasteiger partial charge >= 0.3 is 0 Å². The number of nitrogens with zero attached hydrogens (tertiary/aromatic N) is 2. The summed E-state index contributed by atoms with van der Waals surface area (Å²) in [7, 11) is 2.25. The smallest absolute Gasteiger partial charge is 0.226 e. The van der Waals surface area contributed by atoms with E-state index in [1.54, 1.807) is 0 Å². The second-order valence-electron chi connectivity index (χ2n) is 7.23. The van der Waals surface area contributed by atoms with E-state index in [0.29, 0.717) is 12.5 Å². The fourth-order valence-corrected chi connectivity index (χ4v) is 4.30. The molecule has 4 heteroatoms. The summed E-state index contributed by atoms with van der Waals surface area (Å²) < 4.78 is 5.64. The standard InChI is InChI=1S/C20H30N2O2/c1-3-24-16-18-9-10-20(21(18)2)11-13-22(14-12-20)19(23)15-17-7-5-4-6-8-17/h4-8,18H,3,9-16H2,1-2H3. The van der Waals surface area contributed by atoms with Crippen molar-refractivity contribution in [2.45, 2.75) is 50.6 Å². The van der Waals surface area contributed by atoms with Gasteiger partial charge in [-0.2, -0.15) is 0 Å². The van der Waals surface area contributed by atoms with Crippen molar-refractivity contribution < 1.29 is 9.53 Å². The maximum absolute atomic E-state index is 12.6. The van der Waals surface area contributed by atoms with Gasteiger partial charge in [-0.1, -0.05) is 30.3 Å². The molecule has 3 rings (SSSR count). The average molecular weight is 330 g/mol. The van der Waals surface area contributed by atoms with Gasteiger partial charge < -0.3 is 9.64 Å². The highest BCUT2D eigenvalue weighted by molar-refractivity contribution is 5.78. The van der Waals surface area contributed by atoms with E-state index in [0.717, 1.165) is 44.7 Å². The molecule has 1 aromatic rings. The summed E-state index contributed by atoms with van der Waals surface area (Å²) in [6.45, 7) is 5.46. The van der Waals surface area contributed by atoms with E-state index in [9.17, 15) is 4.79 Å². The van der Waals surface area contributed by atoms with Crippen molar-refractivity contribution in [2.24, 2.45) is 0 Å². The highest BCUT2D eigenvalue weighted by atomic mass is 16.5. The molecule has 1 unspecified atom stereocenters. The Labute approximate surface area is 145 Å².